The topological polar surface area (TPSA) is 55.1 Å². The molecule has 0 aromatic heterocycles. The predicted molar refractivity (Wildman–Crippen MR) is 90.4 cm³/mol. The summed E-state index contributed by atoms with van der Waals surface area (Å²) in [4.78, 5) is 12.2. The van der Waals surface area contributed by atoms with E-state index in [1.165, 1.54) is 18.4 Å². The molecule has 3 N–H and O–H groups in total. The maximum atomic E-state index is 12.2. The molecular weight excluding hydrogens is 280 g/mol. The molecular formula is C17H26N2OS. The highest BCUT2D eigenvalue weighted by Gasteiger charge is 2.24. The molecule has 1 fully saturated rings. The van der Waals surface area contributed by atoms with E-state index in [1.807, 2.05) is 30.0 Å². The van der Waals surface area contributed by atoms with Crippen LogP contribution in [0.1, 0.15) is 37.7 Å². The molecule has 0 spiro atoms. The molecule has 0 aliphatic heterocycles. The second-order valence-electron chi connectivity index (χ2n) is 5.86. The molecule has 4 heteroatoms. The Morgan fingerprint density at radius 3 is 2.86 bits per heavy atom. The third kappa shape index (κ3) is 5.36. The second kappa shape index (κ2) is 8.44. The highest BCUT2D eigenvalue weighted by Crippen LogP contribution is 2.26. The summed E-state index contributed by atoms with van der Waals surface area (Å²) in [6.07, 6.45) is 8.36. The van der Waals surface area contributed by atoms with E-state index in [0.29, 0.717) is 17.7 Å². The van der Waals surface area contributed by atoms with Gasteiger partial charge < -0.3 is 11.1 Å². The van der Waals surface area contributed by atoms with Crippen molar-refractivity contribution in [3.63, 3.8) is 0 Å². The maximum absolute atomic E-state index is 12.2. The van der Waals surface area contributed by atoms with Crippen LogP contribution < -0.4 is 11.1 Å². The summed E-state index contributed by atoms with van der Waals surface area (Å²) in [5.41, 5.74) is 7.27. The zero-order valence-corrected chi connectivity index (χ0v) is 13.6. The van der Waals surface area contributed by atoms with Crippen molar-refractivity contribution < 1.29 is 4.79 Å². The number of aryl methyl sites for hydroxylation is 1. The van der Waals surface area contributed by atoms with Crippen LogP contribution in [0.25, 0.3) is 0 Å². The fourth-order valence-electron chi connectivity index (χ4n) is 2.90. The molecule has 3 atom stereocenters. The van der Waals surface area contributed by atoms with Gasteiger partial charge in [-0.05, 0) is 43.9 Å². The molecule has 1 saturated carbocycles. The fourth-order valence-corrected chi connectivity index (χ4v) is 3.72. The Kier molecular flexibility index (Phi) is 6.58. The summed E-state index contributed by atoms with van der Waals surface area (Å²) in [7, 11) is 0. The molecule has 0 radical (unpaired) electrons. The third-order valence-corrected chi connectivity index (χ3v) is 5.32. The number of amides is 1. The lowest BCUT2D eigenvalue weighted by atomic mass is 9.94. The number of carbonyl (C=O) groups is 1. The van der Waals surface area contributed by atoms with E-state index in [1.54, 1.807) is 0 Å². The molecule has 21 heavy (non-hydrogen) atoms. The van der Waals surface area contributed by atoms with Gasteiger partial charge in [-0.2, -0.15) is 11.8 Å². The van der Waals surface area contributed by atoms with Crippen LogP contribution >= 0.6 is 11.8 Å². The van der Waals surface area contributed by atoms with E-state index in [9.17, 15) is 4.79 Å². The SMILES string of the molecule is CSC1CCCC(NC(=O)[C@@H](N)CCc2ccccc2)C1. The lowest BCUT2D eigenvalue weighted by Gasteiger charge is -2.29. The zero-order chi connectivity index (χ0) is 15.1. The Balaban J connectivity index is 1.74. The van der Waals surface area contributed by atoms with Crippen molar-refractivity contribution in [1.82, 2.24) is 5.32 Å². The smallest absolute Gasteiger partial charge is 0.237 e. The average Bonchev–Trinajstić information content (AvgIpc) is 2.53. The predicted octanol–water partition coefficient (Wildman–Crippen LogP) is 2.74. The molecule has 1 aromatic rings. The van der Waals surface area contributed by atoms with Crippen LogP contribution in [0.4, 0.5) is 0 Å². The number of thioether (sulfide) groups is 1. The van der Waals surface area contributed by atoms with Crippen LogP contribution in [-0.2, 0) is 11.2 Å². The van der Waals surface area contributed by atoms with Crippen molar-refractivity contribution >= 4 is 17.7 Å². The number of hydrogen-bond acceptors (Lipinski definition) is 3. The Morgan fingerprint density at radius 2 is 2.14 bits per heavy atom. The molecule has 1 aliphatic carbocycles. The summed E-state index contributed by atoms with van der Waals surface area (Å²) in [5, 5.41) is 3.83. The number of benzene rings is 1. The molecule has 1 aromatic carbocycles. The van der Waals surface area contributed by atoms with Gasteiger partial charge in [0.1, 0.15) is 0 Å². The first-order valence-corrected chi connectivity index (χ1v) is 9.10. The average molecular weight is 306 g/mol. The Labute approximate surface area is 132 Å². The molecule has 116 valence electrons. The van der Waals surface area contributed by atoms with Crippen molar-refractivity contribution in [2.75, 3.05) is 6.26 Å². The standard InChI is InChI=1S/C17H26N2OS/c1-21-15-9-5-8-14(12-15)19-17(20)16(18)11-10-13-6-3-2-4-7-13/h2-4,6-7,14-16H,5,8-12,18H2,1H3,(H,19,20)/t14?,15?,16-/m0/s1. The van der Waals surface area contributed by atoms with Crippen LogP contribution in [0.3, 0.4) is 0 Å². The van der Waals surface area contributed by atoms with Gasteiger partial charge in [-0.15, -0.1) is 0 Å². The van der Waals surface area contributed by atoms with Crippen LogP contribution in [0.5, 0.6) is 0 Å². The first kappa shape index (κ1) is 16.4. The molecule has 0 heterocycles. The van der Waals surface area contributed by atoms with Gasteiger partial charge in [-0.3, -0.25) is 4.79 Å². The first-order valence-electron chi connectivity index (χ1n) is 7.81. The highest BCUT2D eigenvalue weighted by atomic mass is 32.2. The lowest BCUT2D eigenvalue weighted by molar-refractivity contribution is -0.123. The largest absolute Gasteiger partial charge is 0.352 e. The van der Waals surface area contributed by atoms with Crippen LogP contribution in [-0.4, -0.2) is 29.5 Å². The number of carbonyl (C=O) groups excluding carboxylic acids is 1. The van der Waals surface area contributed by atoms with E-state index >= 15 is 0 Å². The van der Waals surface area contributed by atoms with Crippen molar-refractivity contribution in [3.8, 4) is 0 Å². The highest BCUT2D eigenvalue weighted by molar-refractivity contribution is 7.99. The van der Waals surface area contributed by atoms with E-state index in [-0.39, 0.29) is 5.91 Å². The maximum Gasteiger partial charge on any atom is 0.237 e. The molecule has 2 rings (SSSR count). The van der Waals surface area contributed by atoms with E-state index in [2.05, 4.69) is 23.7 Å². The van der Waals surface area contributed by atoms with Crippen LogP contribution in [0.15, 0.2) is 30.3 Å². The Hall–Kier alpha value is -1.00. The minimum atomic E-state index is -0.403. The van der Waals surface area contributed by atoms with Crippen LogP contribution in [0.2, 0.25) is 0 Å². The van der Waals surface area contributed by atoms with Crippen molar-refractivity contribution in [2.24, 2.45) is 5.73 Å². The summed E-state index contributed by atoms with van der Waals surface area (Å²) < 4.78 is 0. The molecule has 0 saturated heterocycles. The summed E-state index contributed by atoms with van der Waals surface area (Å²) >= 11 is 1.91. The van der Waals surface area contributed by atoms with Gasteiger partial charge in [0.2, 0.25) is 5.91 Å². The minimum absolute atomic E-state index is 0.0117. The number of rotatable bonds is 6. The third-order valence-electron chi connectivity index (χ3n) is 4.23. The van der Waals surface area contributed by atoms with Crippen molar-refractivity contribution in [2.45, 2.75) is 55.9 Å². The Morgan fingerprint density at radius 1 is 1.38 bits per heavy atom. The van der Waals surface area contributed by atoms with Gasteiger partial charge in [0.15, 0.2) is 0 Å². The fraction of sp³-hybridized carbons (Fsp3) is 0.588. The number of hydrogen-bond donors (Lipinski definition) is 2. The van der Waals surface area contributed by atoms with Crippen molar-refractivity contribution in [3.05, 3.63) is 35.9 Å². The quantitative estimate of drug-likeness (QED) is 0.849. The van der Waals surface area contributed by atoms with Crippen LogP contribution in [0, 0.1) is 0 Å². The van der Waals surface area contributed by atoms with E-state index < -0.39 is 6.04 Å². The normalized spacial score (nSPS) is 23.5. The summed E-state index contributed by atoms with van der Waals surface area (Å²) in [6.45, 7) is 0. The Bertz CT molecular complexity index is 438. The molecule has 2 unspecified atom stereocenters. The molecule has 1 amide bonds. The zero-order valence-electron chi connectivity index (χ0n) is 12.8. The van der Waals surface area contributed by atoms with Gasteiger partial charge in [0.25, 0.3) is 0 Å². The minimum Gasteiger partial charge on any atom is -0.352 e. The first-order chi connectivity index (χ1) is 10.2. The molecule has 1 aliphatic rings. The van der Waals surface area contributed by atoms with Gasteiger partial charge >= 0.3 is 0 Å². The summed E-state index contributed by atoms with van der Waals surface area (Å²) in [6, 6.07) is 10.1. The van der Waals surface area contributed by atoms with Gasteiger partial charge in [0, 0.05) is 11.3 Å². The van der Waals surface area contributed by atoms with Gasteiger partial charge in [0.05, 0.1) is 6.04 Å². The second-order valence-corrected chi connectivity index (χ2v) is 7.00. The monoisotopic (exact) mass is 306 g/mol. The lowest BCUT2D eigenvalue weighted by Crippen LogP contribution is -2.47. The molecule has 0 bridgehead atoms. The van der Waals surface area contributed by atoms with Crippen molar-refractivity contribution in [1.29, 1.82) is 0 Å². The number of nitrogens with two attached hydrogens (primary N) is 1. The number of nitrogens with one attached hydrogen (secondary N) is 1. The summed E-state index contributed by atoms with van der Waals surface area (Å²) in [5.74, 6) is 0.0117. The van der Waals surface area contributed by atoms with Gasteiger partial charge in [-0.1, -0.05) is 36.8 Å². The van der Waals surface area contributed by atoms with Gasteiger partial charge in [-0.25, -0.2) is 0 Å². The molecule has 3 nitrogen and oxygen atoms in total. The van der Waals surface area contributed by atoms with E-state index in [4.69, 9.17) is 5.73 Å². The van der Waals surface area contributed by atoms with E-state index in [0.717, 1.165) is 19.3 Å².